The Bertz CT molecular complexity index is 491. The van der Waals surface area contributed by atoms with Gasteiger partial charge in [-0.2, -0.15) is 0 Å². The van der Waals surface area contributed by atoms with E-state index in [9.17, 15) is 0 Å². The minimum absolute atomic E-state index is 0.944. The molecule has 1 aromatic heterocycles. The smallest absolute Gasteiger partial charge is 0.168 e. The average molecular weight is 242 g/mol. The highest BCUT2D eigenvalue weighted by molar-refractivity contribution is 5.28. The van der Waals surface area contributed by atoms with Crippen LogP contribution in [-0.4, -0.2) is 7.11 Å². The van der Waals surface area contributed by atoms with Crippen LogP contribution in [0.4, 0.5) is 0 Å². The standard InChI is InChI=1S/C16H20NO/c1-17-11-9-14(10-12-17)5-3-6-15-7-4-8-16(13-15)18-2/h4,7-13H,3,5-6H2,1-2H3/q+1. The van der Waals surface area contributed by atoms with Gasteiger partial charge in [-0.25, -0.2) is 4.57 Å². The molecule has 2 heteroatoms. The number of benzene rings is 1. The van der Waals surface area contributed by atoms with Crippen molar-refractivity contribution in [3.8, 4) is 5.75 Å². The maximum atomic E-state index is 5.23. The largest absolute Gasteiger partial charge is 0.497 e. The summed E-state index contributed by atoms with van der Waals surface area (Å²) < 4.78 is 7.29. The van der Waals surface area contributed by atoms with E-state index >= 15 is 0 Å². The van der Waals surface area contributed by atoms with Crippen LogP contribution in [0.5, 0.6) is 5.75 Å². The van der Waals surface area contributed by atoms with Crippen molar-refractivity contribution in [1.82, 2.24) is 0 Å². The molecule has 0 bridgehead atoms. The van der Waals surface area contributed by atoms with Gasteiger partial charge in [0.1, 0.15) is 12.8 Å². The van der Waals surface area contributed by atoms with Crippen molar-refractivity contribution in [3.05, 3.63) is 59.9 Å². The second-order valence-electron chi connectivity index (χ2n) is 4.58. The minimum Gasteiger partial charge on any atom is -0.497 e. The van der Waals surface area contributed by atoms with Gasteiger partial charge in [-0.3, -0.25) is 0 Å². The predicted molar refractivity (Wildman–Crippen MR) is 72.6 cm³/mol. The Balaban J connectivity index is 1.86. The first-order chi connectivity index (χ1) is 8.78. The van der Waals surface area contributed by atoms with E-state index in [1.54, 1.807) is 7.11 Å². The lowest BCUT2D eigenvalue weighted by molar-refractivity contribution is -0.671. The van der Waals surface area contributed by atoms with Gasteiger partial charge in [0.05, 0.1) is 7.11 Å². The zero-order valence-corrected chi connectivity index (χ0v) is 11.1. The molecule has 0 saturated heterocycles. The van der Waals surface area contributed by atoms with Crippen molar-refractivity contribution in [2.45, 2.75) is 19.3 Å². The summed E-state index contributed by atoms with van der Waals surface area (Å²) in [6.45, 7) is 0. The fourth-order valence-corrected chi connectivity index (χ4v) is 2.02. The van der Waals surface area contributed by atoms with Gasteiger partial charge < -0.3 is 4.74 Å². The molecule has 0 aliphatic rings. The normalized spacial score (nSPS) is 10.3. The lowest BCUT2D eigenvalue weighted by Gasteiger charge is -2.04. The van der Waals surface area contributed by atoms with Gasteiger partial charge in [-0.15, -0.1) is 0 Å². The summed E-state index contributed by atoms with van der Waals surface area (Å²) in [5.41, 5.74) is 2.74. The highest BCUT2D eigenvalue weighted by Crippen LogP contribution is 2.14. The fraction of sp³-hybridized carbons (Fsp3) is 0.312. The van der Waals surface area contributed by atoms with E-state index in [2.05, 4.69) is 47.3 Å². The van der Waals surface area contributed by atoms with E-state index in [0.717, 1.165) is 18.6 Å². The van der Waals surface area contributed by atoms with Gasteiger partial charge in [-0.1, -0.05) is 12.1 Å². The zero-order valence-electron chi connectivity index (χ0n) is 11.1. The molecule has 0 radical (unpaired) electrons. The number of methoxy groups -OCH3 is 1. The first kappa shape index (κ1) is 12.6. The molecule has 2 nitrogen and oxygen atoms in total. The average Bonchev–Trinajstić information content (AvgIpc) is 2.41. The molecule has 1 heterocycles. The zero-order chi connectivity index (χ0) is 12.8. The number of hydrogen-bond acceptors (Lipinski definition) is 1. The third-order valence-corrected chi connectivity index (χ3v) is 3.11. The summed E-state index contributed by atoms with van der Waals surface area (Å²) in [5.74, 6) is 0.944. The number of aromatic nitrogens is 1. The van der Waals surface area contributed by atoms with Crippen LogP contribution in [0.2, 0.25) is 0 Å². The summed E-state index contributed by atoms with van der Waals surface area (Å²) in [4.78, 5) is 0. The molecule has 0 saturated carbocycles. The molecule has 0 N–H and O–H groups in total. The molecular formula is C16H20NO+. The number of hydrogen-bond donors (Lipinski definition) is 0. The maximum absolute atomic E-state index is 5.23. The second kappa shape index (κ2) is 6.20. The van der Waals surface area contributed by atoms with Crippen LogP contribution < -0.4 is 9.30 Å². The van der Waals surface area contributed by atoms with Gasteiger partial charge in [0.15, 0.2) is 12.4 Å². The molecule has 2 rings (SSSR count). The second-order valence-corrected chi connectivity index (χ2v) is 4.58. The van der Waals surface area contributed by atoms with E-state index in [0.29, 0.717) is 0 Å². The predicted octanol–water partition coefficient (Wildman–Crippen LogP) is 2.70. The van der Waals surface area contributed by atoms with Crippen molar-refractivity contribution in [1.29, 1.82) is 0 Å². The number of aryl methyl sites for hydroxylation is 3. The third kappa shape index (κ3) is 3.59. The van der Waals surface area contributed by atoms with Crippen LogP contribution in [0.1, 0.15) is 17.5 Å². The molecule has 0 aliphatic carbocycles. The van der Waals surface area contributed by atoms with E-state index in [1.165, 1.54) is 17.5 Å². The lowest BCUT2D eigenvalue weighted by atomic mass is 10.0. The van der Waals surface area contributed by atoms with Crippen LogP contribution in [0.25, 0.3) is 0 Å². The molecule has 2 aromatic rings. The molecule has 0 amide bonds. The Hall–Kier alpha value is -1.83. The third-order valence-electron chi connectivity index (χ3n) is 3.11. The molecular weight excluding hydrogens is 222 g/mol. The highest BCUT2D eigenvalue weighted by Gasteiger charge is 1.99. The molecule has 0 fully saturated rings. The van der Waals surface area contributed by atoms with E-state index in [4.69, 9.17) is 4.74 Å². The van der Waals surface area contributed by atoms with Crippen molar-refractivity contribution in [2.24, 2.45) is 7.05 Å². The van der Waals surface area contributed by atoms with Crippen LogP contribution >= 0.6 is 0 Å². The summed E-state index contributed by atoms with van der Waals surface area (Å²) in [6.07, 6.45) is 7.58. The lowest BCUT2D eigenvalue weighted by Crippen LogP contribution is -2.25. The molecule has 94 valence electrons. The Morgan fingerprint density at radius 2 is 1.72 bits per heavy atom. The molecule has 0 unspecified atom stereocenters. The summed E-state index contributed by atoms with van der Waals surface area (Å²) in [5, 5.41) is 0. The number of pyridine rings is 1. The summed E-state index contributed by atoms with van der Waals surface area (Å²) in [6, 6.07) is 12.7. The number of nitrogens with zero attached hydrogens (tertiary/aromatic N) is 1. The topological polar surface area (TPSA) is 13.1 Å². The summed E-state index contributed by atoms with van der Waals surface area (Å²) in [7, 11) is 3.75. The maximum Gasteiger partial charge on any atom is 0.168 e. The summed E-state index contributed by atoms with van der Waals surface area (Å²) >= 11 is 0. The first-order valence-corrected chi connectivity index (χ1v) is 6.35. The van der Waals surface area contributed by atoms with Crippen LogP contribution in [0, 0.1) is 0 Å². The Morgan fingerprint density at radius 1 is 1.00 bits per heavy atom. The Morgan fingerprint density at radius 3 is 2.44 bits per heavy atom. The molecule has 18 heavy (non-hydrogen) atoms. The van der Waals surface area contributed by atoms with Crippen LogP contribution in [-0.2, 0) is 19.9 Å². The quantitative estimate of drug-likeness (QED) is 0.735. The van der Waals surface area contributed by atoms with Crippen molar-refractivity contribution in [3.63, 3.8) is 0 Å². The Labute approximate surface area is 109 Å². The van der Waals surface area contributed by atoms with Crippen LogP contribution in [0.3, 0.4) is 0 Å². The van der Waals surface area contributed by atoms with Gasteiger partial charge in [0.25, 0.3) is 0 Å². The molecule has 1 aromatic carbocycles. The van der Waals surface area contributed by atoms with E-state index in [1.807, 2.05) is 13.1 Å². The molecule has 0 atom stereocenters. The van der Waals surface area contributed by atoms with Gasteiger partial charge in [0.2, 0.25) is 0 Å². The van der Waals surface area contributed by atoms with Crippen molar-refractivity contribution >= 4 is 0 Å². The SMILES string of the molecule is COc1cccc(CCCc2cc[n+](C)cc2)c1. The highest BCUT2D eigenvalue weighted by atomic mass is 16.5. The van der Waals surface area contributed by atoms with Gasteiger partial charge >= 0.3 is 0 Å². The van der Waals surface area contributed by atoms with E-state index < -0.39 is 0 Å². The monoisotopic (exact) mass is 242 g/mol. The van der Waals surface area contributed by atoms with Gasteiger partial charge in [0, 0.05) is 12.1 Å². The van der Waals surface area contributed by atoms with E-state index in [-0.39, 0.29) is 0 Å². The molecule has 0 spiro atoms. The number of rotatable bonds is 5. The number of ether oxygens (including phenoxy) is 1. The Kier molecular flexibility index (Phi) is 4.35. The first-order valence-electron chi connectivity index (χ1n) is 6.35. The van der Waals surface area contributed by atoms with Gasteiger partial charge in [-0.05, 0) is 42.5 Å². The van der Waals surface area contributed by atoms with Crippen molar-refractivity contribution in [2.75, 3.05) is 7.11 Å². The minimum atomic E-state index is 0.944. The van der Waals surface area contributed by atoms with Crippen molar-refractivity contribution < 1.29 is 9.30 Å². The fourth-order valence-electron chi connectivity index (χ4n) is 2.02. The van der Waals surface area contributed by atoms with Crippen LogP contribution in [0.15, 0.2) is 48.8 Å². The molecule has 0 aliphatic heterocycles.